The topological polar surface area (TPSA) is 95.6 Å². The van der Waals surface area contributed by atoms with Gasteiger partial charge in [-0.15, -0.1) is 0 Å². The highest BCUT2D eigenvalue weighted by atomic mass is 15.3. The summed E-state index contributed by atoms with van der Waals surface area (Å²) in [5.41, 5.74) is 18.6. The minimum atomic E-state index is 0.219. The van der Waals surface area contributed by atoms with Crippen LogP contribution in [0, 0.1) is 13.8 Å². The van der Waals surface area contributed by atoms with E-state index in [-0.39, 0.29) is 5.95 Å². The zero-order valence-corrected chi connectivity index (χ0v) is 14.8. The van der Waals surface area contributed by atoms with E-state index in [0.717, 1.165) is 16.6 Å². The lowest BCUT2D eigenvalue weighted by molar-refractivity contribution is 0.703. The number of nitrogens with two attached hydrogens (primary N) is 2. The number of aryl methyl sites for hydroxylation is 2. The Labute approximate surface area is 151 Å². The number of rotatable bonds is 3. The average molecular weight is 344 g/mol. The van der Waals surface area contributed by atoms with Crippen LogP contribution >= 0.6 is 0 Å². The molecule has 6 nitrogen and oxygen atoms in total. The number of fused-ring (bicyclic) bond motifs is 1. The second-order valence-electron chi connectivity index (χ2n) is 6.51. The van der Waals surface area contributed by atoms with Gasteiger partial charge in [-0.3, -0.25) is 0 Å². The van der Waals surface area contributed by atoms with Crippen LogP contribution in [0.3, 0.4) is 0 Å². The molecule has 0 unspecified atom stereocenters. The van der Waals surface area contributed by atoms with Gasteiger partial charge >= 0.3 is 0 Å². The minimum Gasteiger partial charge on any atom is -0.399 e. The lowest BCUT2D eigenvalue weighted by atomic mass is 10.1. The van der Waals surface area contributed by atoms with Crippen molar-refractivity contribution in [2.45, 2.75) is 20.4 Å². The molecule has 2 aromatic heterocycles. The molecule has 26 heavy (non-hydrogen) atoms. The van der Waals surface area contributed by atoms with Crippen molar-refractivity contribution in [2.24, 2.45) is 0 Å². The van der Waals surface area contributed by atoms with Crippen molar-refractivity contribution in [3.8, 4) is 11.3 Å². The molecule has 0 spiro atoms. The molecule has 130 valence electrons. The zero-order chi connectivity index (χ0) is 18.3. The molecule has 0 aliphatic carbocycles. The number of anilines is 2. The number of benzene rings is 2. The van der Waals surface area contributed by atoms with E-state index in [2.05, 4.69) is 47.1 Å². The Kier molecular flexibility index (Phi) is 3.80. The second kappa shape index (κ2) is 6.15. The summed E-state index contributed by atoms with van der Waals surface area (Å²) in [4.78, 5) is 8.83. The summed E-state index contributed by atoms with van der Waals surface area (Å²) in [6, 6.07) is 14.0. The lowest BCUT2D eigenvalue weighted by Crippen LogP contribution is -2.05. The minimum absolute atomic E-state index is 0.219. The number of hydrogen-bond acceptors (Lipinski definition) is 5. The predicted molar refractivity (Wildman–Crippen MR) is 105 cm³/mol. The van der Waals surface area contributed by atoms with Gasteiger partial charge in [0.2, 0.25) is 5.95 Å². The summed E-state index contributed by atoms with van der Waals surface area (Å²) in [5.74, 6) is 0.219. The fourth-order valence-corrected chi connectivity index (χ4v) is 3.07. The van der Waals surface area contributed by atoms with Gasteiger partial charge in [-0.1, -0.05) is 30.3 Å². The van der Waals surface area contributed by atoms with Crippen LogP contribution in [0.15, 0.2) is 48.7 Å². The molecule has 0 aliphatic heterocycles. The van der Waals surface area contributed by atoms with Crippen molar-refractivity contribution in [1.82, 2.24) is 19.7 Å². The summed E-state index contributed by atoms with van der Waals surface area (Å²) in [7, 11) is 0. The molecular weight excluding hydrogens is 324 g/mol. The first-order valence-corrected chi connectivity index (χ1v) is 8.42. The largest absolute Gasteiger partial charge is 0.399 e. The van der Waals surface area contributed by atoms with E-state index < -0.39 is 0 Å². The molecule has 2 heterocycles. The van der Waals surface area contributed by atoms with Gasteiger partial charge in [0, 0.05) is 11.3 Å². The third-order valence-corrected chi connectivity index (χ3v) is 4.58. The Morgan fingerprint density at radius 2 is 1.81 bits per heavy atom. The molecule has 0 bridgehead atoms. The number of nitrogens with zero attached hydrogens (tertiary/aromatic N) is 4. The van der Waals surface area contributed by atoms with Gasteiger partial charge in [-0.25, -0.2) is 9.67 Å². The van der Waals surface area contributed by atoms with E-state index in [1.165, 1.54) is 16.7 Å². The Bertz CT molecular complexity index is 1110. The second-order valence-corrected chi connectivity index (χ2v) is 6.51. The standard InChI is InChI=1S/C20H20N6/c1-12-6-7-14(8-13(12)2)11-26-19-17(10-23-26)18(24-20(22)25-19)15-4-3-5-16(21)9-15/h3-10H,11,21H2,1-2H3,(H2,22,24,25). The Hall–Kier alpha value is -3.41. The van der Waals surface area contributed by atoms with Crippen LogP contribution in [0.4, 0.5) is 11.6 Å². The van der Waals surface area contributed by atoms with E-state index in [0.29, 0.717) is 17.9 Å². The van der Waals surface area contributed by atoms with Crippen molar-refractivity contribution in [3.63, 3.8) is 0 Å². The third kappa shape index (κ3) is 2.86. The van der Waals surface area contributed by atoms with Crippen LogP contribution in [-0.2, 0) is 6.54 Å². The lowest BCUT2D eigenvalue weighted by Gasteiger charge is -2.08. The van der Waals surface area contributed by atoms with Gasteiger partial charge in [-0.2, -0.15) is 10.1 Å². The fraction of sp³-hybridized carbons (Fsp3) is 0.150. The molecule has 4 aromatic rings. The molecular formula is C20H20N6. The van der Waals surface area contributed by atoms with E-state index in [9.17, 15) is 0 Å². The Morgan fingerprint density at radius 3 is 2.58 bits per heavy atom. The maximum Gasteiger partial charge on any atom is 0.222 e. The van der Waals surface area contributed by atoms with E-state index in [4.69, 9.17) is 11.5 Å². The Morgan fingerprint density at radius 1 is 0.962 bits per heavy atom. The maximum absolute atomic E-state index is 5.97. The highest BCUT2D eigenvalue weighted by Crippen LogP contribution is 2.28. The molecule has 4 N–H and O–H groups in total. The van der Waals surface area contributed by atoms with Crippen molar-refractivity contribution in [2.75, 3.05) is 11.5 Å². The van der Waals surface area contributed by atoms with Crippen molar-refractivity contribution >= 4 is 22.7 Å². The first kappa shape index (κ1) is 16.1. The van der Waals surface area contributed by atoms with Crippen molar-refractivity contribution in [3.05, 3.63) is 65.4 Å². The van der Waals surface area contributed by atoms with Crippen LogP contribution < -0.4 is 11.5 Å². The summed E-state index contributed by atoms with van der Waals surface area (Å²) in [6.07, 6.45) is 1.79. The summed E-state index contributed by atoms with van der Waals surface area (Å²) in [6.45, 7) is 4.84. The first-order chi connectivity index (χ1) is 12.5. The molecule has 0 atom stereocenters. The maximum atomic E-state index is 5.97. The fourth-order valence-electron chi connectivity index (χ4n) is 3.07. The van der Waals surface area contributed by atoms with Gasteiger partial charge in [0.05, 0.1) is 23.8 Å². The molecule has 0 fully saturated rings. The monoisotopic (exact) mass is 344 g/mol. The molecule has 4 rings (SSSR count). The summed E-state index contributed by atoms with van der Waals surface area (Å²) < 4.78 is 1.85. The molecule has 0 saturated heterocycles. The van der Waals surface area contributed by atoms with E-state index in [1.54, 1.807) is 6.20 Å². The predicted octanol–water partition coefficient (Wildman–Crippen LogP) is 3.32. The van der Waals surface area contributed by atoms with Gasteiger partial charge in [-0.05, 0) is 42.7 Å². The van der Waals surface area contributed by atoms with Crippen LogP contribution in [0.25, 0.3) is 22.3 Å². The van der Waals surface area contributed by atoms with Crippen molar-refractivity contribution in [1.29, 1.82) is 0 Å². The molecule has 0 saturated carbocycles. The van der Waals surface area contributed by atoms with E-state index >= 15 is 0 Å². The summed E-state index contributed by atoms with van der Waals surface area (Å²) in [5, 5.41) is 5.37. The van der Waals surface area contributed by atoms with Gasteiger partial charge in [0.25, 0.3) is 0 Å². The number of hydrogen-bond donors (Lipinski definition) is 2. The SMILES string of the molecule is Cc1ccc(Cn2ncc3c(-c4cccc(N)c4)nc(N)nc32)cc1C. The van der Waals surface area contributed by atoms with Crippen LogP contribution in [0.2, 0.25) is 0 Å². The molecule has 2 aromatic carbocycles. The van der Waals surface area contributed by atoms with E-state index in [1.807, 2.05) is 28.9 Å². The number of aromatic nitrogens is 4. The van der Waals surface area contributed by atoms with Crippen LogP contribution in [-0.4, -0.2) is 19.7 Å². The molecule has 6 heteroatoms. The number of nitrogen functional groups attached to an aromatic ring is 2. The molecule has 0 amide bonds. The first-order valence-electron chi connectivity index (χ1n) is 8.42. The highest BCUT2D eigenvalue weighted by Gasteiger charge is 2.14. The molecule has 0 aliphatic rings. The normalized spacial score (nSPS) is 11.2. The highest BCUT2D eigenvalue weighted by molar-refractivity contribution is 5.91. The van der Waals surface area contributed by atoms with Crippen LogP contribution in [0.1, 0.15) is 16.7 Å². The van der Waals surface area contributed by atoms with Crippen molar-refractivity contribution < 1.29 is 0 Å². The quantitative estimate of drug-likeness (QED) is 0.556. The van der Waals surface area contributed by atoms with Gasteiger partial charge < -0.3 is 11.5 Å². The Balaban J connectivity index is 1.82. The molecule has 0 radical (unpaired) electrons. The summed E-state index contributed by atoms with van der Waals surface area (Å²) >= 11 is 0. The van der Waals surface area contributed by atoms with Gasteiger partial charge in [0.15, 0.2) is 5.65 Å². The third-order valence-electron chi connectivity index (χ3n) is 4.58. The average Bonchev–Trinajstić information content (AvgIpc) is 3.00. The van der Waals surface area contributed by atoms with Gasteiger partial charge in [0.1, 0.15) is 0 Å². The van der Waals surface area contributed by atoms with Crippen LogP contribution in [0.5, 0.6) is 0 Å². The smallest absolute Gasteiger partial charge is 0.222 e. The zero-order valence-electron chi connectivity index (χ0n) is 14.8.